The van der Waals surface area contributed by atoms with Crippen molar-refractivity contribution in [2.24, 2.45) is 11.7 Å². The molecule has 2 aliphatic rings. The van der Waals surface area contributed by atoms with Crippen LogP contribution in [0.3, 0.4) is 0 Å². The highest BCUT2D eigenvalue weighted by atomic mass is 16.1. The van der Waals surface area contributed by atoms with Gasteiger partial charge in [0, 0.05) is 19.0 Å². The maximum Gasteiger partial charge on any atom is 0.217 e. The third-order valence-electron chi connectivity index (χ3n) is 4.47. The molecule has 1 saturated carbocycles. The van der Waals surface area contributed by atoms with Crippen LogP contribution in [-0.2, 0) is 4.79 Å². The van der Waals surface area contributed by atoms with Crippen molar-refractivity contribution in [2.45, 2.75) is 57.0 Å². The van der Waals surface area contributed by atoms with E-state index >= 15 is 0 Å². The molecule has 5 nitrogen and oxygen atoms in total. The highest BCUT2D eigenvalue weighted by Crippen LogP contribution is 2.25. The summed E-state index contributed by atoms with van der Waals surface area (Å²) in [7, 11) is 0. The third-order valence-corrected chi connectivity index (χ3v) is 4.47. The summed E-state index contributed by atoms with van der Waals surface area (Å²) >= 11 is 0. The number of nitrogens with two attached hydrogens (primary N) is 1. The van der Waals surface area contributed by atoms with Crippen LogP contribution >= 0.6 is 0 Å². The predicted octanol–water partition coefficient (Wildman–Crippen LogP) is 0.998. The molecule has 1 saturated heterocycles. The smallest absolute Gasteiger partial charge is 0.217 e. The molecule has 2 fully saturated rings. The van der Waals surface area contributed by atoms with Crippen molar-refractivity contribution < 1.29 is 4.79 Å². The highest BCUT2D eigenvalue weighted by Gasteiger charge is 2.33. The molecule has 0 spiro atoms. The molecule has 0 aromatic carbocycles. The van der Waals surface area contributed by atoms with Gasteiger partial charge in [-0.15, -0.1) is 0 Å². The van der Waals surface area contributed by atoms with Crippen LogP contribution in [0.5, 0.6) is 0 Å². The van der Waals surface area contributed by atoms with Gasteiger partial charge in [0.1, 0.15) is 5.54 Å². The number of likely N-dealkylation sites (tertiary alicyclic amines) is 1. The van der Waals surface area contributed by atoms with Crippen molar-refractivity contribution in [3.05, 3.63) is 0 Å². The van der Waals surface area contributed by atoms with E-state index < -0.39 is 5.54 Å². The standard InChI is InChI=1S/C15H26N4O/c1-15(11-16,18-13-2-3-13)6-9-19-7-4-12(5-8-19)10-14(17)20/h12-13,18H,2-10H2,1H3,(H2,17,20). The van der Waals surface area contributed by atoms with Gasteiger partial charge in [-0.1, -0.05) is 0 Å². The molecule has 1 unspecified atom stereocenters. The fourth-order valence-electron chi connectivity index (χ4n) is 2.92. The summed E-state index contributed by atoms with van der Waals surface area (Å²) in [5, 5.41) is 12.8. The molecule has 1 aliphatic heterocycles. The van der Waals surface area contributed by atoms with E-state index in [1.807, 2.05) is 6.92 Å². The molecule has 1 heterocycles. The molecule has 0 bridgehead atoms. The van der Waals surface area contributed by atoms with Gasteiger partial charge >= 0.3 is 0 Å². The lowest BCUT2D eigenvalue weighted by atomic mass is 9.92. The second-order valence-corrected chi connectivity index (χ2v) is 6.57. The van der Waals surface area contributed by atoms with Gasteiger partial charge in [0.05, 0.1) is 6.07 Å². The molecule has 20 heavy (non-hydrogen) atoms. The molecule has 112 valence electrons. The maximum absolute atomic E-state index is 10.9. The van der Waals surface area contributed by atoms with Crippen molar-refractivity contribution in [2.75, 3.05) is 19.6 Å². The number of nitrogens with one attached hydrogen (secondary N) is 1. The lowest BCUT2D eigenvalue weighted by Gasteiger charge is -2.33. The SMILES string of the molecule is CC(C#N)(CCN1CCC(CC(N)=O)CC1)NC1CC1. The number of rotatable bonds is 7. The monoisotopic (exact) mass is 278 g/mol. The van der Waals surface area contributed by atoms with Crippen molar-refractivity contribution in [3.63, 3.8) is 0 Å². The molecular weight excluding hydrogens is 252 g/mol. The van der Waals surface area contributed by atoms with Crippen LogP contribution in [0.2, 0.25) is 0 Å². The minimum Gasteiger partial charge on any atom is -0.370 e. The van der Waals surface area contributed by atoms with Crippen molar-refractivity contribution >= 4 is 5.91 Å². The number of hydrogen-bond donors (Lipinski definition) is 2. The first-order chi connectivity index (χ1) is 9.50. The highest BCUT2D eigenvalue weighted by molar-refractivity contribution is 5.73. The van der Waals surface area contributed by atoms with E-state index in [0.29, 0.717) is 18.4 Å². The van der Waals surface area contributed by atoms with E-state index in [1.165, 1.54) is 12.8 Å². The average molecular weight is 278 g/mol. The van der Waals surface area contributed by atoms with Crippen molar-refractivity contribution in [3.8, 4) is 6.07 Å². The fraction of sp³-hybridized carbons (Fsp3) is 0.867. The van der Waals surface area contributed by atoms with E-state index in [-0.39, 0.29) is 5.91 Å². The molecule has 0 radical (unpaired) electrons. The van der Waals surface area contributed by atoms with Crippen LogP contribution in [0.1, 0.15) is 45.4 Å². The summed E-state index contributed by atoms with van der Waals surface area (Å²) in [5.41, 5.74) is 4.85. The first-order valence-corrected chi connectivity index (χ1v) is 7.70. The second kappa shape index (κ2) is 6.55. The second-order valence-electron chi connectivity index (χ2n) is 6.57. The number of carbonyl (C=O) groups excluding carboxylic acids is 1. The minimum absolute atomic E-state index is 0.186. The van der Waals surface area contributed by atoms with E-state index in [4.69, 9.17) is 5.73 Å². The van der Waals surface area contributed by atoms with Gasteiger partial charge in [0.15, 0.2) is 0 Å². The number of carbonyl (C=O) groups is 1. The lowest BCUT2D eigenvalue weighted by molar-refractivity contribution is -0.119. The van der Waals surface area contributed by atoms with Gasteiger partial charge < -0.3 is 10.6 Å². The van der Waals surface area contributed by atoms with Gasteiger partial charge in [0.25, 0.3) is 0 Å². The Hall–Kier alpha value is -1.12. The normalized spacial score (nSPS) is 24.0. The van der Waals surface area contributed by atoms with Crippen LogP contribution in [0.15, 0.2) is 0 Å². The Morgan fingerprint density at radius 3 is 2.55 bits per heavy atom. The van der Waals surface area contributed by atoms with Crippen molar-refractivity contribution in [1.82, 2.24) is 10.2 Å². The van der Waals surface area contributed by atoms with E-state index in [2.05, 4.69) is 16.3 Å². The molecular formula is C15H26N4O. The summed E-state index contributed by atoms with van der Waals surface area (Å²) in [6, 6.07) is 2.98. The zero-order chi connectivity index (χ0) is 14.6. The third kappa shape index (κ3) is 4.77. The zero-order valence-corrected chi connectivity index (χ0v) is 12.4. The molecule has 3 N–H and O–H groups in total. The van der Waals surface area contributed by atoms with Gasteiger partial charge in [-0.2, -0.15) is 5.26 Å². The van der Waals surface area contributed by atoms with Crippen LogP contribution in [0, 0.1) is 17.2 Å². The Morgan fingerprint density at radius 1 is 1.40 bits per heavy atom. The molecule has 0 aromatic rings. The van der Waals surface area contributed by atoms with E-state index in [0.717, 1.165) is 38.9 Å². The number of hydrogen-bond acceptors (Lipinski definition) is 4. The van der Waals surface area contributed by atoms with E-state index in [1.54, 1.807) is 0 Å². The zero-order valence-electron chi connectivity index (χ0n) is 12.4. The summed E-state index contributed by atoms with van der Waals surface area (Å²) < 4.78 is 0. The van der Waals surface area contributed by atoms with Crippen LogP contribution in [0.4, 0.5) is 0 Å². The summed E-state index contributed by atoms with van der Waals surface area (Å²) in [6.07, 6.45) is 5.88. The Bertz CT molecular complexity index is 380. The number of amides is 1. The Kier molecular flexibility index (Phi) is 5.00. The molecule has 1 atom stereocenters. The molecule has 0 aromatic heterocycles. The minimum atomic E-state index is -0.398. The van der Waals surface area contributed by atoms with Gasteiger partial charge in [-0.25, -0.2) is 0 Å². The molecule has 2 rings (SSSR count). The maximum atomic E-state index is 10.9. The molecule has 1 amide bonds. The number of primary amides is 1. The van der Waals surface area contributed by atoms with Gasteiger partial charge in [-0.3, -0.25) is 10.1 Å². The average Bonchev–Trinajstić information content (AvgIpc) is 3.21. The summed E-state index contributed by atoms with van der Waals surface area (Å²) in [5.74, 6) is 0.268. The summed E-state index contributed by atoms with van der Waals surface area (Å²) in [6.45, 7) is 4.99. The number of nitrogens with zero attached hydrogens (tertiary/aromatic N) is 2. The Balaban J connectivity index is 1.69. The van der Waals surface area contributed by atoms with Gasteiger partial charge in [-0.05, 0) is 58.0 Å². The Labute approximate surface area is 121 Å². The Morgan fingerprint density at radius 2 is 2.05 bits per heavy atom. The largest absolute Gasteiger partial charge is 0.370 e. The predicted molar refractivity (Wildman–Crippen MR) is 77.8 cm³/mol. The van der Waals surface area contributed by atoms with Crippen molar-refractivity contribution in [1.29, 1.82) is 5.26 Å². The molecule has 1 aliphatic carbocycles. The fourth-order valence-corrected chi connectivity index (χ4v) is 2.92. The van der Waals surface area contributed by atoms with Gasteiger partial charge in [0.2, 0.25) is 5.91 Å². The number of piperidine rings is 1. The first kappa shape index (κ1) is 15.3. The quantitative estimate of drug-likeness (QED) is 0.728. The molecule has 5 heteroatoms. The lowest BCUT2D eigenvalue weighted by Crippen LogP contribution is -2.46. The summed E-state index contributed by atoms with van der Waals surface area (Å²) in [4.78, 5) is 13.3. The number of nitriles is 1. The van der Waals surface area contributed by atoms with Crippen LogP contribution in [0.25, 0.3) is 0 Å². The van der Waals surface area contributed by atoms with Crippen LogP contribution in [-0.4, -0.2) is 42.0 Å². The van der Waals surface area contributed by atoms with Crippen LogP contribution < -0.4 is 11.1 Å². The topological polar surface area (TPSA) is 82.2 Å². The first-order valence-electron chi connectivity index (χ1n) is 7.70. The van der Waals surface area contributed by atoms with E-state index in [9.17, 15) is 10.1 Å².